The number of fused-ring (bicyclic) bond motifs is 1. The summed E-state index contributed by atoms with van der Waals surface area (Å²) in [5, 5.41) is 0.658. The summed E-state index contributed by atoms with van der Waals surface area (Å²) in [6.45, 7) is 3.86. The van der Waals surface area contributed by atoms with Gasteiger partial charge in [-0.3, -0.25) is 19.3 Å². The Morgan fingerprint density at radius 3 is 2.72 bits per heavy atom. The third kappa shape index (κ3) is 3.19. The second-order valence-corrected chi connectivity index (χ2v) is 7.00. The summed E-state index contributed by atoms with van der Waals surface area (Å²) in [6, 6.07) is 7.44. The summed E-state index contributed by atoms with van der Waals surface area (Å²) in [7, 11) is 0. The highest BCUT2D eigenvalue weighted by molar-refractivity contribution is 8.18. The standard InChI is InChI=1S/C18H19N3O3S/c1-3-11(2)21-17(23)15(25-18(21)24)8-12-9-20(10-16(19)22)14-7-5-4-6-13(12)14/h4-9,11H,3,10H2,1-2H3,(H2,19,22). The van der Waals surface area contributed by atoms with Crippen LogP contribution in [0.1, 0.15) is 25.8 Å². The molecule has 1 aliphatic rings. The van der Waals surface area contributed by atoms with Gasteiger partial charge in [0.2, 0.25) is 5.91 Å². The molecule has 0 bridgehead atoms. The summed E-state index contributed by atoms with van der Waals surface area (Å²) in [5.41, 5.74) is 6.95. The Morgan fingerprint density at radius 1 is 1.32 bits per heavy atom. The van der Waals surface area contributed by atoms with Crippen molar-refractivity contribution in [3.05, 3.63) is 40.9 Å². The van der Waals surface area contributed by atoms with E-state index in [4.69, 9.17) is 5.73 Å². The van der Waals surface area contributed by atoms with Gasteiger partial charge in [0, 0.05) is 28.7 Å². The number of aromatic nitrogens is 1. The van der Waals surface area contributed by atoms with Gasteiger partial charge in [-0.15, -0.1) is 0 Å². The molecule has 1 fully saturated rings. The first-order valence-electron chi connectivity index (χ1n) is 8.05. The summed E-state index contributed by atoms with van der Waals surface area (Å²) in [4.78, 5) is 37.7. The van der Waals surface area contributed by atoms with Crippen molar-refractivity contribution in [1.29, 1.82) is 0 Å². The maximum Gasteiger partial charge on any atom is 0.293 e. The molecule has 0 aliphatic carbocycles. The van der Waals surface area contributed by atoms with Crippen LogP contribution in [0.3, 0.4) is 0 Å². The molecule has 6 nitrogen and oxygen atoms in total. The molecule has 25 heavy (non-hydrogen) atoms. The number of hydrogen-bond acceptors (Lipinski definition) is 4. The van der Waals surface area contributed by atoms with Crippen molar-refractivity contribution in [2.45, 2.75) is 32.9 Å². The molecule has 1 aromatic heterocycles. The smallest absolute Gasteiger partial charge is 0.293 e. The highest BCUT2D eigenvalue weighted by atomic mass is 32.2. The van der Waals surface area contributed by atoms with Gasteiger partial charge in [-0.05, 0) is 37.2 Å². The molecule has 7 heteroatoms. The van der Waals surface area contributed by atoms with E-state index in [0.29, 0.717) is 11.3 Å². The maximum absolute atomic E-state index is 12.6. The average molecular weight is 357 g/mol. The summed E-state index contributed by atoms with van der Waals surface area (Å²) < 4.78 is 1.75. The molecule has 130 valence electrons. The molecule has 1 aromatic carbocycles. The largest absolute Gasteiger partial charge is 0.368 e. The summed E-state index contributed by atoms with van der Waals surface area (Å²) >= 11 is 0.950. The summed E-state index contributed by atoms with van der Waals surface area (Å²) in [6.07, 6.45) is 4.21. The lowest BCUT2D eigenvalue weighted by atomic mass is 10.1. The summed E-state index contributed by atoms with van der Waals surface area (Å²) in [5.74, 6) is -0.708. The molecule has 3 amide bonds. The van der Waals surface area contributed by atoms with Gasteiger partial charge in [-0.25, -0.2) is 0 Å². The number of carbonyl (C=O) groups excluding carboxylic acids is 3. The van der Waals surface area contributed by atoms with Crippen LogP contribution in [0, 0.1) is 0 Å². The first-order chi connectivity index (χ1) is 11.9. The molecule has 1 aliphatic heterocycles. The molecule has 2 aromatic rings. The second kappa shape index (κ2) is 6.76. The van der Waals surface area contributed by atoms with Gasteiger partial charge in [0.25, 0.3) is 11.1 Å². The van der Waals surface area contributed by atoms with E-state index in [0.717, 1.165) is 28.2 Å². The molecular weight excluding hydrogens is 338 g/mol. The number of amides is 3. The molecule has 2 N–H and O–H groups in total. The van der Waals surface area contributed by atoms with Gasteiger partial charge in [-0.1, -0.05) is 25.1 Å². The zero-order chi connectivity index (χ0) is 18.1. The van der Waals surface area contributed by atoms with Gasteiger partial charge in [0.05, 0.1) is 4.91 Å². The number of primary amides is 1. The fraction of sp³-hybridized carbons (Fsp3) is 0.278. The Bertz CT molecular complexity index is 900. The van der Waals surface area contributed by atoms with Gasteiger partial charge >= 0.3 is 0 Å². The highest BCUT2D eigenvalue weighted by Crippen LogP contribution is 2.35. The molecule has 1 atom stereocenters. The Balaban J connectivity index is 2.03. The number of para-hydroxylation sites is 1. The normalized spacial score (nSPS) is 17.7. The van der Waals surface area contributed by atoms with Gasteiger partial charge in [-0.2, -0.15) is 0 Å². The Labute approximate surface area is 149 Å². The average Bonchev–Trinajstić information content (AvgIpc) is 3.05. The predicted molar refractivity (Wildman–Crippen MR) is 98.7 cm³/mol. The van der Waals surface area contributed by atoms with Crippen LogP contribution in [0.15, 0.2) is 35.4 Å². The Kier molecular flexibility index (Phi) is 4.67. The van der Waals surface area contributed by atoms with Gasteiger partial charge in [0.15, 0.2) is 0 Å². The van der Waals surface area contributed by atoms with Crippen LogP contribution >= 0.6 is 11.8 Å². The van der Waals surface area contributed by atoms with Crippen molar-refractivity contribution in [3.8, 4) is 0 Å². The number of rotatable bonds is 5. The predicted octanol–water partition coefficient (Wildman–Crippen LogP) is 2.96. The first-order valence-corrected chi connectivity index (χ1v) is 8.87. The van der Waals surface area contributed by atoms with E-state index in [1.165, 1.54) is 4.90 Å². The maximum atomic E-state index is 12.6. The van der Waals surface area contributed by atoms with Crippen LogP contribution in [0.2, 0.25) is 0 Å². The van der Waals surface area contributed by atoms with E-state index in [1.54, 1.807) is 16.8 Å². The van der Waals surface area contributed by atoms with Crippen LogP contribution in [0.4, 0.5) is 4.79 Å². The van der Waals surface area contributed by atoms with Gasteiger partial charge < -0.3 is 10.3 Å². The SMILES string of the molecule is CCC(C)N1C(=O)SC(=Cc2cn(CC(N)=O)c3ccccc23)C1=O. The third-order valence-corrected chi connectivity index (χ3v) is 5.17. The lowest BCUT2D eigenvalue weighted by Gasteiger charge is -2.19. The van der Waals surface area contributed by atoms with E-state index in [-0.39, 0.29) is 23.7 Å². The van der Waals surface area contributed by atoms with Crippen LogP contribution in [-0.2, 0) is 16.1 Å². The monoisotopic (exact) mass is 357 g/mol. The fourth-order valence-electron chi connectivity index (χ4n) is 2.87. The van der Waals surface area contributed by atoms with Crippen LogP contribution < -0.4 is 5.73 Å². The van der Waals surface area contributed by atoms with Crippen LogP contribution in [0.25, 0.3) is 17.0 Å². The van der Waals surface area contributed by atoms with Crippen molar-refractivity contribution < 1.29 is 14.4 Å². The van der Waals surface area contributed by atoms with E-state index in [1.807, 2.05) is 38.1 Å². The molecule has 0 saturated carbocycles. The van der Waals surface area contributed by atoms with Crippen molar-refractivity contribution in [2.24, 2.45) is 5.73 Å². The number of nitrogens with zero attached hydrogens (tertiary/aromatic N) is 2. The van der Waals surface area contributed by atoms with E-state index >= 15 is 0 Å². The molecule has 1 saturated heterocycles. The van der Waals surface area contributed by atoms with E-state index in [9.17, 15) is 14.4 Å². The fourth-order valence-corrected chi connectivity index (χ4v) is 3.79. The molecule has 0 spiro atoms. The Hall–Kier alpha value is -2.54. The number of carbonyl (C=O) groups is 3. The molecule has 0 radical (unpaired) electrons. The lowest BCUT2D eigenvalue weighted by molar-refractivity contribution is -0.124. The quantitative estimate of drug-likeness (QED) is 0.834. The topological polar surface area (TPSA) is 85.4 Å². The number of imide groups is 1. The highest BCUT2D eigenvalue weighted by Gasteiger charge is 2.37. The minimum atomic E-state index is -0.440. The molecule has 1 unspecified atom stereocenters. The number of hydrogen-bond donors (Lipinski definition) is 1. The third-order valence-electron chi connectivity index (χ3n) is 4.29. The van der Waals surface area contributed by atoms with E-state index in [2.05, 4.69) is 0 Å². The zero-order valence-corrected chi connectivity index (χ0v) is 14.9. The molecular formula is C18H19N3O3S. The minimum absolute atomic E-state index is 0.0582. The zero-order valence-electron chi connectivity index (χ0n) is 14.1. The van der Waals surface area contributed by atoms with Crippen molar-refractivity contribution >= 4 is 45.8 Å². The van der Waals surface area contributed by atoms with Crippen molar-refractivity contribution in [1.82, 2.24) is 9.47 Å². The van der Waals surface area contributed by atoms with Crippen molar-refractivity contribution in [2.75, 3.05) is 0 Å². The second-order valence-electron chi connectivity index (χ2n) is 6.00. The van der Waals surface area contributed by atoms with E-state index < -0.39 is 5.91 Å². The Morgan fingerprint density at radius 2 is 2.04 bits per heavy atom. The van der Waals surface area contributed by atoms with Gasteiger partial charge in [0.1, 0.15) is 6.54 Å². The number of benzene rings is 1. The number of nitrogens with two attached hydrogens (primary N) is 1. The molecule has 3 rings (SSSR count). The minimum Gasteiger partial charge on any atom is -0.368 e. The molecule has 2 heterocycles. The first kappa shape index (κ1) is 17.3. The van der Waals surface area contributed by atoms with Crippen LogP contribution in [-0.4, -0.2) is 32.6 Å². The van der Waals surface area contributed by atoms with Crippen LogP contribution in [0.5, 0.6) is 0 Å². The van der Waals surface area contributed by atoms with Crippen molar-refractivity contribution in [3.63, 3.8) is 0 Å². The lowest BCUT2D eigenvalue weighted by Crippen LogP contribution is -2.36. The number of thioether (sulfide) groups is 1.